The molecule has 0 aromatic carbocycles. The van der Waals surface area contributed by atoms with E-state index < -0.39 is 4.92 Å². The second kappa shape index (κ2) is 4.23. The first-order valence-corrected chi connectivity index (χ1v) is 5.00. The Hall–Kier alpha value is -2.03. The number of tetrazole rings is 1. The van der Waals surface area contributed by atoms with Crippen LogP contribution in [0.4, 0.5) is 5.69 Å². The number of hydrogen-bond donors (Lipinski definition) is 0. The molecule has 0 saturated heterocycles. The maximum atomic E-state index is 10.7. The van der Waals surface area contributed by atoms with E-state index in [0.717, 1.165) is 11.8 Å². The smallest absolute Gasteiger partial charge is 0.258 e. The van der Waals surface area contributed by atoms with Gasteiger partial charge < -0.3 is 0 Å². The molecule has 9 heteroatoms. The summed E-state index contributed by atoms with van der Waals surface area (Å²) in [4.78, 5) is 14.2. The maximum absolute atomic E-state index is 10.7. The fraction of sp³-hybridized carbons (Fsp3) is 0.143. The summed E-state index contributed by atoms with van der Waals surface area (Å²) in [6.07, 6.45) is 1.49. The van der Waals surface area contributed by atoms with Crippen LogP contribution in [0.5, 0.6) is 0 Å². The fourth-order valence-corrected chi connectivity index (χ4v) is 1.77. The lowest BCUT2D eigenvalue weighted by molar-refractivity contribution is -0.388. The van der Waals surface area contributed by atoms with Crippen LogP contribution in [0.25, 0.3) is 0 Å². The summed E-state index contributed by atoms with van der Waals surface area (Å²) in [5, 5.41) is 22.2. The average Bonchev–Trinajstić information content (AvgIpc) is 2.65. The van der Waals surface area contributed by atoms with Crippen molar-refractivity contribution in [2.24, 2.45) is 7.05 Å². The molecule has 0 aliphatic heterocycles. The molecule has 2 aromatic heterocycles. The van der Waals surface area contributed by atoms with E-state index in [1.54, 1.807) is 7.05 Å². The van der Waals surface area contributed by atoms with Gasteiger partial charge in [0.1, 0.15) is 0 Å². The van der Waals surface area contributed by atoms with Gasteiger partial charge in [-0.1, -0.05) is 0 Å². The number of aryl methyl sites for hydroxylation is 1. The highest BCUT2D eigenvalue weighted by molar-refractivity contribution is 7.99. The van der Waals surface area contributed by atoms with Gasteiger partial charge in [-0.05, 0) is 28.3 Å². The van der Waals surface area contributed by atoms with Gasteiger partial charge in [0.05, 0.1) is 4.92 Å². The molecule has 8 nitrogen and oxygen atoms in total. The number of nitro groups is 1. The van der Waals surface area contributed by atoms with Crippen molar-refractivity contribution in [3.8, 4) is 0 Å². The first-order valence-electron chi connectivity index (χ1n) is 4.18. The van der Waals surface area contributed by atoms with E-state index in [4.69, 9.17) is 0 Å². The number of rotatable bonds is 3. The molecule has 0 unspecified atom stereocenters. The van der Waals surface area contributed by atoms with Crippen LogP contribution in [0.1, 0.15) is 0 Å². The van der Waals surface area contributed by atoms with Gasteiger partial charge in [-0.15, -0.1) is 5.10 Å². The normalized spacial score (nSPS) is 10.3. The lowest BCUT2D eigenvalue weighted by Gasteiger charge is -1.99. The molecular weight excluding hydrogens is 232 g/mol. The summed E-state index contributed by atoms with van der Waals surface area (Å²) in [6.45, 7) is 0. The van der Waals surface area contributed by atoms with E-state index in [9.17, 15) is 10.1 Å². The Balaban J connectivity index is 2.35. The Labute approximate surface area is 93.8 Å². The van der Waals surface area contributed by atoms with Crippen LogP contribution in [-0.2, 0) is 7.05 Å². The van der Waals surface area contributed by atoms with Crippen molar-refractivity contribution in [2.45, 2.75) is 10.2 Å². The number of aromatic nitrogens is 5. The van der Waals surface area contributed by atoms with Gasteiger partial charge in [-0.25, -0.2) is 9.67 Å². The van der Waals surface area contributed by atoms with E-state index in [1.807, 2.05) is 0 Å². The van der Waals surface area contributed by atoms with Gasteiger partial charge >= 0.3 is 5.69 Å². The van der Waals surface area contributed by atoms with Gasteiger partial charge in [-0.3, -0.25) is 10.1 Å². The highest BCUT2D eigenvalue weighted by atomic mass is 32.2. The van der Waals surface area contributed by atoms with E-state index >= 15 is 0 Å². The van der Waals surface area contributed by atoms with Crippen molar-refractivity contribution < 1.29 is 4.92 Å². The summed E-state index contributed by atoms with van der Waals surface area (Å²) in [5.41, 5.74) is -0.0597. The minimum Gasteiger partial charge on any atom is -0.258 e. The standard InChI is InChI=1S/C7H6N6O2S/c1-12-7(9-10-11-12)16-6-5(13(14)15)3-2-4-8-6/h2-4H,1H3. The molecule has 0 atom stereocenters. The predicted molar refractivity (Wildman–Crippen MR) is 53.8 cm³/mol. The summed E-state index contributed by atoms with van der Waals surface area (Å²) < 4.78 is 1.42. The Morgan fingerprint density at radius 1 is 1.56 bits per heavy atom. The predicted octanol–water partition coefficient (Wildman–Crippen LogP) is 0.664. The SMILES string of the molecule is Cn1nnnc1Sc1ncccc1[N+](=O)[O-]. The minimum absolute atomic E-state index is 0.0597. The van der Waals surface area contributed by atoms with Crippen LogP contribution < -0.4 is 0 Å². The molecule has 0 spiro atoms. The average molecular weight is 238 g/mol. The van der Waals surface area contributed by atoms with Gasteiger partial charge in [-0.2, -0.15) is 0 Å². The van der Waals surface area contributed by atoms with Crippen LogP contribution in [0.15, 0.2) is 28.5 Å². The Morgan fingerprint density at radius 2 is 2.38 bits per heavy atom. The van der Waals surface area contributed by atoms with Crippen LogP contribution in [0.2, 0.25) is 0 Å². The number of pyridine rings is 1. The van der Waals surface area contributed by atoms with Gasteiger partial charge in [0.15, 0.2) is 5.03 Å². The molecule has 82 valence electrons. The fourth-order valence-electron chi connectivity index (χ4n) is 0.994. The summed E-state index contributed by atoms with van der Waals surface area (Å²) >= 11 is 1.05. The topological polar surface area (TPSA) is 99.6 Å². The van der Waals surface area contributed by atoms with Crippen molar-refractivity contribution in [1.82, 2.24) is 25.2 Å². The number of hydrogen-bond acceptors (Lipinski definition) is 7. The zero-order valence-corrected chi connectivity index (χ0v) is 8.96. The van der Waals surface area contributed by atoms with Crippen molar-refractivity contribution in [1.29, 1.82) is 0 Å². The third-order valence-corrected chi connectivity index (χ3v) is 2.75. The monoisotopic (exact) mass is 238 g/mol. The third kappa shape index (κ3) is 1.98. The summed E-state index contributed by atoms with van der Waals surface area (Å²) in [7, 11) is 1.65. The number of nitrogens with zero attached hydrogens (tertiary/aromatic N) is 6. The minimum atomic E-state index is -0.487. The molecule has 0 aliphatic carbocycles. The van der Waals surface area contributed by atoms with E-state index in [0.29, 0.717) is 5.16 Å². The van der Waals surface area contributed by atoms with E-state index in [-0.39, 0.29) is 10.7 Å². The molecule has 16 heavy (non-hydrogen) atoms. The maximum Gasteiger partial charge on any atom is 0.301 e. The first kappa shape index (κ1) is 10.5. The zero-order chi connectivity index (χ0) is 11.5. The summed E-state index contributed by atoms with van der Waals surface area (Å²) in [6, 6.07) is 2.90. The van der Waals surface area contributed by atoms with Crippen LogP contribution >= 0.6 is 11.8 Å². The first-order chi connectivity index (χ1) is 7.68. The van der Waals surface area contributed by atoms with Crippen LogP contribution in [0, 0.1) is 10.1 Å². The van der Waals surface area contributed by atoms with Crippen molar-refractivity contribution in [3.05, 3.63) is 28.4 Å². The second-order valence-electron chi connectivity index (χ2n) is 2.77. The molecule has 0 radical (unpaired) electrons. The molecule has 0 N–H and O–H groups in total. The molecule has 2 aromatic rings. The van der Waals surface area contributed by atoms with Gasteiger partial charge in [0.2, 0.25) is 5.16 Å². The second-order valence-corrected chi connectivity index (χ2v) is 3.73. The Kier molecular flexibility index (Phi) is 2.77. The molecule has 2 heterocycles. The quantitative estimate of drug-likeness (QED) is 0.572. The van der Waals surface area contributed by atoms with E-state index in [2.05, 4.69) is 20.5 Å². The van der Waals surface area contributed by atoms with E-state index in [1.165, 1.54) is 23.0 Å². The lowest BCUT2D eigenvalue weighted by atomic mass is 10.4. The van der Waals surface area contributed by atoms with Crippen LogP contribution in [0.3, 0.4) is 0 Å². The largest absolute Gasteiger partial charge is 0.301 e. The van der Waals surface area contributed by atoms with Gasteiger partial charge in [0, 0.05) is 19.3 Å². The van der Waals surface area contributed by atoms with Crippen LogP contribution in [-0.4, -0.2) is 30.1 Å². The third-order valence-electron chi connectivity index (χ3n) is 1.72. The summed E-state index contributed by atoms with van der Waals surface area (Å²) in [5.74, 6) is 0. The molecule has 2 rings (SSSR count). The Bertz CT molecular complexity index is 527. The van der Waals surface area contributed by atoms with Crippen molar-refractivity contribution >= 4 is 17.4 Å². The molecular formula is C7H6N6O2S. The van der Waals surface area contributed by atoms with Gasteiger partial charge in [0.25, 0.3) is 0 Å². The molecule has 0 saturated carbocycles. The highest BCUT2D eigenvalue weighted by Gasteiger charge is 2.17. The highest BCUT2D eigenvalue weighted by Crippen LogP contribution is 2.30. The zero-order valence-electron chi connectivity index (χ0n) is 8.14. The lowest BCUT2D eigenvalue weighted by Crippen LogP contribution is -1.96. The van der Waals surface area contributed by atoms with Crippen molar-refractivity contribution in [2.75, 3.05) is 0 Å². The molecule has 0 amide bonds. The Morgan fingerprint density at radius 3 is 3.00 bits per heavy atom. The molecule has 0 bridgehead atoms. The van der Waals surface area contributed by atoms with Crippen molar-refractivity contribution in [3.63, 3.8) is 0 Å². The molecule has 0 fully saturated rings. The molecule has 0 aliphatic rings.